The zero-order valence-electron chi connectivity index (χ0n) is 19.4. The SMILES string of the molecule is Cc1ccc(S(=O)(=O)c2nc(-c3ccccc3Cl)oc2N2C[C@@]3(C)C[C@H]2CC(C)(C)C3)cc1. The molecule has 1 saturated carbocycles. The Hall–Kier alpha value is -2.31. The van der Waals surface area contributed by atoms with E-state index in [1.54, 1.807) is 36.4 Å². The van der Waals surface area contributed by atoms with Gasteiger partial charge in [0.2, 0.25) is 26.6 Å². The number of benzene rings is 2. The Labute approximate surface area is 200 Å². The fraction of sp³-hybridized carbons (Fsp3) is 0.423. The number of sulfone groups is 1. The van der Waals surface area contributed by atoms with Crippen molar-refractivity contribution in [3.05, 3.63) is 59.1 Å². The minimum atomic E-state index is -3.89. The molecule has 1 saturated heterocycles. The molecule has 5 rings (SSSR count). The van der Waals surface area contributed by atoms with E-state index in [2.05, 4.69) is 30.7 Å². The van der Waals surface area contributed by atoms with E-state index >= 15 is 0 Å². The van der Waals surface area contributed by atoms with E-state index < -0.39 is 9.84 Å². The summed E-state index contributed by atoms with van der Waals surface area (Å²) in [6.07, 6.45) is 3.09. The first-order valence-electron chi connectivity index (χ1n) is 11.3. The minimum absolute atomic E-state index is 0.0322. The van der Waals surface area contributed by atoms with Crippen LogP contribution in [0, 0.1) is 17.8 Å². The van der Waals surface area contributed by atoms with Crippen molar-refractivity contribution in [2.75, 3.05) is 11.4 Å². The number of nitrogens with zero attached hydrogens (tertiary/aromatic N) is 2. The monoisotopic (exact) mass is 484 g/mol. The van der Waals surface area contributed by atoms with Crippen molar-refractivity contribution in [2.24, 2.45) is 10.8 Å². The van der Waals surface area contributed by atoms with Crippen LogP contribution in [0.5, 0.6) is 0 Å². The van der Waals surface area contributed by atoms with Crippen molar-refractivity contribution < 1.29 is 12.8 Å². The van der Waals surface area contributed by atoms with Gasteiger partial charge in [0.1, 0.15) is 0 Å². The third kappa shape index (κ3) is 3.97. The molecule has 2 atom stereocenters. The third-order valence-electron chi connectivity index (χ3n) is 6.95. The van der Waals surface area contributed by atoms with Gasteiger partial charge >= 0.3 is 0 Å². The highest BCUT2D eigenvalue weighted by atomic mass is 35.5. The average molecular weight is 485 g/mol. The number of hydrogen-bond acceptors (Lipinski definition) is 5. The molecule has 5 nitrogen and oxygen atoms in total. The highest BCUT2D eigenvalue weighted by Gasteiger charge is 2.51. The molecule has 2 fully saturated rings. The van der Waals surface area contributed by atoms with Gasteiger partial charge in [-0.05, 0) is 61.3 Å². The molecule has 2 bridgehead atoms. The molecule has 2 heterocycles. The second-order valence-electron chi connectivity index (χ2n) is 10.8. The molecule has 3 aromatic rings. The summed E-state index contributed by atoms with van der Waals surface area (Å²) in [4.78, 5) is 6.90. The molecule has 0 radical (unpaired) electrons. The van der Waals surface area contributed by atoms with E-state index in [0.717, 1.165) is 31.4 Å². The van der Waals surface area contributed by atoms with Crippen molar-refractivity contribution >= 4 is 27.3 Å². The van der Waals surface area contributed by atoms with Crippen molar-refractivity contribution in [3.63, 3.8) is 0 Å². The van der Waals surface area contributed by atoms with E-state index in [1.165, 1.54) is 0 Å². The maximum absolute atomic E-state index is 13.8. The van der Waals surface area contributed by atoms with Crippen LogP contribution in [-0.4, -0.2) is 26.0 Å². The Kier molecular flexibility index (Phi) is 5.18. The van der Waals surface area contributed by atoms with Crippen molar-refractivity contribution in [1.82, 2.24) is 4.98 Å². The molecule has 0 spiro atoms. The van der Waals surface area contributed by atoms with Gasteiger partial charge in [-0.25, -0.2) is 8.42 Å². The van der Waals surface area contributed by atoms with Gasteiger partial charge < -0.3 is 9.32 Å². The van der Waals surface area contributed by atoms with Crippen molar-refractivity contribution in [3.8, 4) is 11.5 Å². The number of halogens is 1. The molecule has 0 unspecified atom stereocenters. The summed E-state index contributed by atoms with van der Waals surface area (Å²) in [5, 5.41) is 0.438. The van der Waals surface area contributed by atoms with Crippen molar-refractivity contribution in [2.45, 2.75) is 62.9 Å². The number of rotatable bonds is 4. The lowest BCUT2D eigenvalue weighted by molar-refractivity contribution is 0.136. The molecule has 7 heteroatoms. The van der Waals surface area contributed by atoms with Crippen LogP contribution in [0.2, 0.25) is 5.02 Å². The van der Waals surface area contributed by atoms with Crippen LogP contribution in [0.25, 0.3) is 11.5 Å². The highest BCUT2D eigenvalue weighted by molar-refractivity contribution is 7.91. The summed E-state index contributed by atoms with van der Waals surface area (Å²) in [6.45, 7) is 9.55. The number of hydrogen-bond donors (Lipinski definition) is 0. The quantitative estimate of drug-likeness (QED) is 0.420. The van der Waals surface area contributed by atoms with Crippen LogP contribution in [-0.2, 0) is 9.84 Å². The smallest absolute Gasteiger partial charge is 0.236 e. The maximum atomic E-state index is 13.8. The Balaban J connectivity index is 1.67. The first-order valence-corrected chi connectivity index (χ1v) is 13.2. The van der Waals surface area contributed by atoms with Gasteiger partial charge in [0.25, 0.3) is 0 Å². The van der Waals surface area contributed by atoms with Gasteiger partial charge in [-0.1, -0.05) is 62.2 Å². The molecule has 2 aliphatic rings. The lowest BCUT2D eigenvalue weighted by Crippen LogP contribution is -2.35. The standard InChI is InChI=1S/C26H29ClN2O3S/c1-17-9-11-19(12-10-17)33(30,31)23-24(32-22(28-23)20-7-5-6-8-21(20)27)29-16-26(4)14-18(29)13-25(2,3)15-26/h5-12,18H,13-16H2,1-4H3/t18-,26+/m1/s1. The van der Waals surface area contributed by atoms with Crippen LogP contribution < -0.4 is 4.90 Å². The molecule has 1 aromatic heterocycles. The van der Waals surface area contributed by atoms with Crippen LogP contribution in [0.3, 0.4) is 0 Å². The topological polar surface area (TPSA) is 63.4 Å². The van der Waals surface area contributed by atoms with Crippen LogP contribution in [0.1, 0.15) is 45.6 Å². The lowest BCUT2D eigenvalue weighted by Gasteiger charge is -2.39. The largest absolute Gasteiger partial charge is 0.419 e. The Morgan fingerprint density at radius 1 is 1.06 bits per heavy atom. The number of anilines is 1. The molecule has 174 valence electrons. The normalized spacial score (nSPS) is 24.3. The highest BCUT2D eigenvalue weighted by Crippen LogP contribution is 2.54. The van der Waals surface area contributed by atoms with E-state index in [4.69, 9.17) is 16.0 Å². The van der Waals surface area contributed by atoms with E-state index in [-0.39, 0.29) is 32.7 Å². The lowest BCUT2D eigenvalue weighted by atomic mass is 9.65. The molecular formula is C26H29ClN2O3S. The Morgan fingerprint density at radius 2 is 1.76 bits per heavy atom. The zero-order chi connectivity index (χ0) is 23.6. The summed E-state index contributed by atoms with van der Waals surface area (Å²) >= 11 is 6.41. The first kappa shape index (κ1) is 22.5. The predicted molar refractivity (Wildman–Crippen MR) is 130 cm³/mol. The second kappa shape index (κ2) is 7.60. The Morgan fingerprint density at radius 3 is 2.45 bits per heavy atom. The molecule has 1 aliphatic heterocycles. The van der Waals surface area contributed by atoms with Crippen LogP contribution >= 0.6 is 11.6 Å². The van der Waals surface area contributed by atoms with Gasteiger partial charge in [-0.15, -0.1) is 0 Å². The summed E-state index contributed by atoms with van der Waals surface area (Å²) in [6, 6.07) is 14.3. The van der Waals surface area contributed by atoms with Crippen LogP contribution in [0.4, 0.5) is 5.88 Å². The fourth-order valence-electron chi connectivity index (χ4n) is 5.93. The Bertz CT molecular complexity index is 1310. The van der Waals surface area contributed by atoms with E-state index in [9.17, 15) is 8.42 Å². The minimum Gasteiger partial charge on any atom is -0.419 e. The number of aromatic nitrogens is 1. The summed E-state index contributed by atoms with van der Waals surface area (Å²) in [5.41, 5.74) is 1.87. The van der Waals surface area contributed by atoms with E-state index in [0.29, 0.717) is 16.5 Å². The van der Waals surface area contributed by atoms with Gasteiger partial charge in [0.15, 0.2) is 0 Å². The number of oxazole rings is 1. The van der Waals surface area contributed by atoms with Gasteiger partial charge in [-0.3, -0.25) is 0 Å². The molecule has 2 aromatic carbocycles. The number of aryl methyl sites for hydroxylation is 1. The molecule has 0 amide bonds. The summed E-state index contributed by atoms with van der Waals surface area (Å²) in [7, 11) is -3.89. The molecule has 0 N–H and O–H groups in total. The zero-order valence-corrected chi connectivity index (χ0v) is 21.0. The van der Waals surface area contributed by atoms with E-state index in [1.807, 2.05) is 19.1 Å². The number of fused-ring (bicyclic) bond motifs is 2. The molecule has 1 aliphatic carbocycles. The summed E-state index contributed by atoms with van der Waals surface area (Å²) < 4.78 is 33.8. The van der Waals surface area contributed by atoms with Gasteiger partial charge in [0.05, 0.1) is 15.5 Å². The van der Waals surface area contributed by atoms with Gasteiger partial charge in [-0.2, -0.15) is 4.98 Å². The van der Waals surface area contributed by atoms with Gasteiger partial charge in [0, 0.05) is 12.6 Å². The predicted octanol–water partition coefficient (Wildman–Crippen LogP) is 6.54. The average Bonchev–Trinajstić information content (AvgIpc) is 3.27. The first-order chi connectivity index (χ1) is 15.5. The molecule has 33 heavy (non-hydrogen) atoms. The van der Waals surface area contributed by atoms with Crippen LogP contribution in [0.15, 0.2) is 62.9 Å². The fourth-order valence-corrected chi connectivity index (χ4v) is 7.46. The molecular weight excluding hydrogens is 456 g/mol. The third-order valence-corrected chi connectivity index (χ3v) is 8.94. The second-order valence-corrected chi connectivity index (χ2v) is 13.0. The van der Waals surface area contributed by atoms with Crippen molar-refractivity contribution in [1.29, 1.82) is 0 Å². The maximum Gasteiger partial charge on any atom is 0.236 e. The summed E-state index contributed by atoms with van der Waals surface area (Å²) in [5.74, 6) is 0.559.